The van der Waals surface area contributed by atoms with E-state index < -0.39 is 75.7 Å². The van der Waals surface area contributed by atoms with Gasteiger partial charge in [0.1, 0.15) is 43.2 Å². The Balaban J connectivity index is 2.32. The van der Waals surface area contributed by atoms with E-state index in [1.54, 1.807) is 6.92 Å². The third-order valence-corrected chi connectivity index (χ3v) is 8.77. The molecule has 1 saturated carbocycles. The van der Waals surface area contributed by atoms with Crippen LogP contribution in [0.3, 0.4) is 0 Å². The fourth-order valence-corrected chi connectivity index (χ4v) is 5.83. The van der Waals surface area contributed by atoms with Crippen molar-refractivity contribution in [2.45, 2.75) is 153 Å². The summed E-state index contributed by atoms with van der Waals surface area (Å²) in [6.45, 7) is 2.56. The molecule has 278 valence electrons. The molecule has 6 N–H and O–H groups in total. The maximum absolute atomic E-state index is 12.5. The summed E-state index contributed by atoms with van der Waals surface area (Å²) < 4.78 is 32.4. The number of phosphoric ester groups is 1. The minimum Gasteiger partial charge on any atom is -0.462 e. The van der Waals surface area contributed by atoms with Crippen molar-refractivity contribution in [3.05, 3.63) is 36.5 Å². The summed E-state index contributed by atoms with van der Waals surface area (Å²) in [7, 11) is -5.08. The topological polar surface area (TPSA) is 210 Å². The van der Waals surface area contributed by atoms with Gasteiger partial charge in [0.15, 0.2) is 6.10 Å². The molecule has 0 radical (unpaired) electrons. The molecule has 1 aliphatic carbocycles. The van der Waals surface area contributed by atoms with E-state index in [0.29, 0.717) is 6.42 Å². The quantitative estimate of drug-likeness (QED) is 0.0321. The number of unbranched alkanes of at least 4 members (excludes halogenated alkanes) is 9. The number of hydrogen-bond donors (Lipinski definition) is 6. The van der Waals surface area contributed by atoms with Crippen molar-refractivity contribution in [2.24, 2.45) is 0 Å². The Kier molecular flexibility index (Phi) is 23.8. The molecule has 0 saturated heterocycles. The molecule has 6 atom stereocenters. The van der Waals surface area contributed by atoms with Gasteiger partial charge >= 0.3 is 19.8 Å². The van der Waals surface area contributed by atoms with Crippen LogP contribution in [-0.4, -0.2) is 98.3 Å². The maximum atomic E-state index is 12.5. The number of esters is 2. The zero-order chi connectivity index (χ0) is 35.8. The predicted molar refractivity (Wildman–Crippen MR) is 180 cm³/mol. The molecule has 1 aliphatic rings. The number of ether oxygens (including phenoxy) is 2. The normalized spacial score (nSPS) is 25.1. The van der Waals surface area contributed by atoms with Gasteiger partial charge in [-0.1, -0.05) is 88.8 Å². The number of aliphatic hydroxyl groups is 5. The molecular weight excluding hydrogens is 647 g/mol. The fourth-order valence-electron chi connectivity index (χ4n) is 4.86. The standard InChI is InChI=1S/C34H59O13P/c1-3-5-6-7-8-9-10-11-12-13-14-15-16-17-18-19-20-21-22-23-28(36)46-26(24-44-27(35)4-2)25-45-48(42,43)47-34-32(40)30(38)29(37)31(39)33(34)41/h8-9,11-12,14-15,26,29-34,37-41H,3-7,10,13,16-25H2,1-2H3,(H,42,43)/b9-8-,12-11-,15-14-. The Bertz CT molecular complexity index is 1000. The Hall–Kier alpha value is -1.93. The average molecular weight is 707 g/mol. The van der Waals surface area contributed by atoms with Crippen molar-refractivity contribution in [3.63, 3.8) is 0 Å². The summed E-state index contributed by atoms with van der Waals surface area (Å²) in [5, 5.41) is 49.4. The average Bonchev–Trinajstić information content (AvgIpc) is 3.06. The highest BCUT2D eigenvalue weighted by Gasteiger charge is 2.51. The summed E-state index contributed by atoms with van der Waals surface area (Å²) in [5.41, 5.74) is 0. The molecule has 1 fully saturated rings. The van der Waals surface area contributed by atoms with E-state index in [0.717, 1.165) is 57.8 Å². The van der Waals surface area contributed by atoms with E-state index in [4.69, 9.17) is 18.5 Å². The second kappa shape index (κ2) is 26.0. The first-order valence-corrected chi connectivity index (χ1v) is 18.8. The van der Waals surface area contributed by atoms with Crippen molar-refractivity contribution >= 4 is 19.8 Å². The lowest BCUT2D eigenvalue weighted by molar-refractivity contribution is -0.220. The first-order chi connectivity index (χ1) is 22.9. The lowest BCUT2D eigenvalue weighted by Crippen LogP contribution is -2.64. The molecular formula is C34H59O13P. The van der Waals surface area contributed by atoms with Crippen LogP contribution in [0.5, 0.6) is 0 Å². The van der Waals surface area contributed by atoms with Gasteiger partial charge in [0.25, 0.3) is 0 Å². The summed E-state index contributed by atoms with van der Waals surface area (Å²) in [6.07, 6.45) is 13.7. The number of carbonyl (C=O) groups excluding carboxylic acids is 2. The highest BCUT2D eigenvalue weighted by molar-refractivity contribution is 7.47. The van der Waals surface area contributed by atoms with Crippen LogP contribution >= 0.6 is 7.82 Å². The molecule has 0 spiro atoms. The molecule has 14 heteroatoms. The SMILES string of the molecule is CCCCC/C=C\C/C=C\C/C=C\CCCCCCCCC(=O)OC(COC(=O)CC)COP(=O)(O)OC1C(O)C(O)C(O)C(O)C1O. The molecule has 0 aliphatic heterocycles. The number of phosphoric acid groups is 1. The fraction of sp³-hybridized carbons (Fsp3) is 0.765. The van der Waals surface area contributed by atoms with Crippen LogP contribution in [0.15, 0.2) is 36.5 Å². The van der Waals surface area contributed by atoms with Crippen LogP contribution in [0.25, 0.3) is 0 Å². The van der Waals surface area contributed by atoms with Crippen molar-refractivity contribution in [3.8, 4) is 0 Å². The molecule has 1 rings (SSSR count). The molecule has 0 amide bonds. The molecule has 0 aromatic rings. The Morgan fingerprint density at radius 1 is 0.667 bits per heavy atom. The number of aliphatic hydroxyl groups excluding tert-OH is 5. The molecule has 13 nitrogen and oxygen atoms in total. The monoisotopic (exact) mass is 706 g/mol. The van der Waals surface area contributed by atoms with Crippen molar-refractivity contribution in [1.82, 2.24) is 0 Å². The van der Waals surface area contributed by atoms with Crippen LogP contribution in [0.1, 0.15) is 110 Å². The van der Waals surface area contributed by atoms with E-state index in [1.165, 1.54) is 19.3 Å². The highest BCUT2D eigenvalue weighted by atomic mass is 31.2. The molecule has 0 aromatic heterocycles. The minimum absolute atomic E-state index is 0.0437. The first kappa shape index (κ1) is 44.1. The Morgan fingerprint density at radius 3 is 1.73 bits per heavy atom. The van der Waals surface area contributed by atoms with E-state index in [2.05, 4.69) is 43.4 Å². The van der Waals surface area contributed by atoms with Gasteiger partial charge in [0, 0.05) is 12.8 Å². The van der Waals surface area contributed by atoms with Gasteiger partial charge in [-0.25, -0.2) is 4.57 Å². The third-order valence-electron chi connectivity index (χ3n) is 7.79. The second-order valence-corrected chi connectivity index (χ2v) is 13.4. The predicted octanol–water partition coefficient (Wildman–Crippen LogP) is 4.32. The van der Waals surface area contributed by atoms with Gasteiger partial charge in [0.05, 0.1) is 6.61 Å². The summed E-state index contributed by atoms with van der Waals surface area (Å²) in [5.74, 6) is -1.22. The lowest BCUT2D eigenvalue weighted by atomic mass is 9.85. The van der Waals surface area contributed by atoms with Crippen LogP contribution in [0.2, 0.25) is 0 Å². The van der Waals surface area contributed by atoms with Crippen LogP contribution in [-0.2, 0) is 32.7 Å². The van der Waals surface area contributed by atoms with Crippen molar-refractivity contribution < 1.29 is 63.1 Å². The van der Waals surface area contributed by atoms with Crippen LogP contribution in [0.4, 0.5) is 0 Å². The molecule has 0 bridgehead atoms. The Labute approximate surface area is 285 Å². The summed E-state index contributed by atoms with van der Waals surface area (Å²) in [6, 6.07) is 0. The lowest BCUT2D eigenvalue weighted by Gasteiger charge is -2.41. The number of carbonyl (C=O) groups is 2. The number of rotatable bonds is 26. The van der Waals surface area contributed by atoms with Gasteiger partial charge in [-0.3, -0.25) is 18.6 Å². The van der Waals surface area contributed by atoms with E-state index >= 15 is 0 Å². The summed E-state index contributed by atoms with van der Waals surface area (Å²) >= 11 is 0. The van der Waals surface area contributed by atoms with Gasteiger partial charge in [-0.05, 0) is 44.9 Å². The zero-order valence-electron chi connectivity index (χ0n) is 28.5. The number of hydrogen-bond acceptors (Lipinski definition) is 12. The molecule has 0 aromatic carbocycles. The van der Waals surface area contributed by atoms with Crippen LogP contribution in [0, 0.1) is 0 Å². The maximum Gasteiger partial charge on any atom is 0.472 e. The van der Waals surface area contributed by atoms with Gasteiger partial charge in [-0.15, -0.1) is 0 Å². The summed E-state index contributed by atoms with van der Waals surface area (Å²) in [4.78, 5) is 34.2. The highest BCUT2D eigenvalue weighted by Crippen LogP contribution is 2.47. The van der Waals surface area contributed by atoms with Gasteiger partial charge in [0.2, 0.25) is 0 Å². The zero-order valence-corrected chi connectivity index (χ0v) is 29.4. The van der Waals surface area contributed by atoms with E-state index in [1.807, 2.05) is 0 Å². The Morgan fingerprint density at radius 2 is 1.17 bits per heavy atom. The smallest absolute Gasteiger partial charge is 0.462 e. The molecule has 48 heavy (non-hydrogen) atoms. The van der Waals surface area contributed by atoms with Crippen LogP contribution < -0.4 is 0 Å². The van der Waals surface area contributed by atoms with Crippen molar-refractivity contribution in [1.29, 1.82) is 0 Å². The van der Waals surface area contributed by atoms with Gasteiger partial charge in [-0.2, -0.15) is 0 Å². The second-order valence-electron chi connectivity index (χ2n) is 12.0. The number of allylic oxidation sites excluding steroid dienone is 6. The third kappa shape index (κ3) is 19.3. The van der Waals surface area contributed by atoms with E-state index in [9.17, 15) is 44.6 Å². The first-order valence-electron chi connectivity index (χ1n) is 17.3. The molecule has 0 heterocycles. The van der Waals surface area contributed by atoms with Crippen molar-refractivity contribution in [2.75, 3.05) is 13.2 Å². The largest absolute Gasteiger partial charge is 0.472 e. The molecule has 6 unspecified atom stereocenters. The minimum atomic E-state index is -5.08. The van der Waals surface area contributed by atoms with E-state index in [-0.39, 0.29) is 12.8 Å². The van der Waals surface area contributed by atoms with Gasteiger partial charge < -0.3 is 39.9 Å².